The summed E-state index contributed by atoms with van der Waals surface area (Å²) in [5, 5.41) is 2.82. The second-order valence-corrected chi connectivity index (χ2v) is 7.45. The van der Waals surface area contributed by atoms with Gasteiger partial charge in [0.15, 0.2) is 11.7 Å². The summed E-state index contributed by atoms with van der Waals surface area (Å²) in [7, 11) is 0. The van der Waals surface area contributed by atoms with Crippen LogP contribution in [0.15, 0.2) is 28.8 Å². The lowest BCUT2D eigenvalue weighted by molar-refractivity contribution is -0.136. The van der Waals surface area contributed by atoms with E-state index in [1.54, 1.807) is 6.92 Å². The average molecular weight is 393 g/mol. The molecule has 0 aliphatic carbocycles. The van der Waals surface area contributed by atoms with Crippen LogP contribution in [0.25, 0.3) is 11.3 Å². The molecule has 0 radical (unpaired) electrons. The van der Waals surface area contributed by atoms with Gasteiger partial charge in [-0.1, -0.05) is 0 Å². The molecule has 6 nitrogen and oxygen atoms in total. The summed E-state index contributed by atoms with van der Waals surface area (Å²) in [6, 6.07) is 3.17. The van der Waals surface area contributed by atoms with Crippen LogP contribution in [-0.2, 0) is 16.0 Å². The first-order valence-electron chi connectivity index (χ1n) is 9.08. The second-order valence-electron chi connectivity index (χ2n) is 7.45. The zero-order chi connectivity index (χ0) is 20.9. The number of nitrogens with one attached hydrogen (secondary N) is 1. The molecule has 0 atom stereocenters. The van der Waals surface area contributed by atoms with Gasteiger partial charge in [0.25, 0.3) is 0 Å². The molecule has 1 aromatic carbocycles. The van der Waals surface area contributed by atoms with Crippen LogP contribution < -0.4 is 5.32 Å². The highest BCUT2D eigenvalue weighted by Crippen LogP contribution is 2.24. The summed E-state index contributed by atoms with van der Waals surface area (Å²) in [6.07, 6.45) is 1.64. The van der Waals surface area contributed by atoms with E-state index < -0.39 is 11.6 Å². The van der Waals surface area contributed by atoms with Crippen LogP contribution in [0.4, 0.5) is 8.78 Å². The fourth-order valence-corrected chi connectivity index (χ4v) is 2.62. The smallest absolute Gasteiger partial charge is 0.240 e. The normalized spacial score (nSPS) is 11.4. The average Bonchev–Trinajstić information content (AvgIpc) is 3.04. The maximum atomic E-state index is 13.8. The van der Waals surface area contributed by atoms with Crippen LogP contribution in [0.1, 0.15) is 40.0 Å². The molecule has 28 heavy (non-hydrogen) atoms. The lowest BCUT2D eigenvalue weighted by atomic mass is 10.1. The molecule has 0 aliphatic rings. The number of halogens is 2. The molecule has 1 heterocycles. The van der Waals surface area contributed by atoms with E-state index in [4.69, 9.17) is 4.42 Å². The number of carbonyl (C=O) groups excluding carboxylic acids is 2. The Morgan fingerprint density at radius 1 is 1.25 bits per heavy atom. The molecule has 2 aromatic rings. The van der Waals surface area contributed by atoms with Gasteiger partial charge in [-0.05, 0) is 39.8 Å². The van der Waals surface area contributed by atoms with Crippen molar-refractivity contribution in [1.29, 1.82) is 0 Å². The number of nitrogens with zero attached hydrogens (tertiary/aromatic N) is 2. The highest BCUT2D eigenvalue weighted by molar-refractivity contribution is 5.85. The molecule has 0 saturated heterocycles. The zero-order valence-corrected chi connectivity index (χ0v) is 16.5. The van der Waals surface area contributed by atoms with Crippen molar-refractivity contribution in [2.24, 2.45) is 0 Å². The van der Waals surface area contributed by atoms with Gasteiger partial charge < -0.3 is 14.6 Å². The van der Waals surface area contributed by atoms with Gasteiger partial charge in [-0.2, -0.15) is 0 Å². The van der Waals surface area contributed by atoms with E-state index in [0.29, 0.717) is 6.54 Å². The number of aryl methyl sites for hydroxylation is 1. The van der Waals surface area contributed by atoms with Crippen molar-refractivity contribution in [2.75, 3.05) is 13.1 Å². The SMILES string of the molecule is CCN(CC(=O)NC(C)(C)C)C(=O)CCc1ncc(-c2ccc(F)cc2F)o1. The number of aromatic nitrogens is 1. The molecule has 0 unspecified atom stereocenters. The van der Waals surface area contributed by atoms with E-state index >= 15 is 0 Å². The monoisotopic (exact) mass is 393 g/mol. The molecule has 1 aromatic heterocycles. The van der Waals surface area contributed by atoms with Crippen molar-refractivity contribution >= 4 is 11.8 Å². The Kier molecular flexibility index (Phi) is 6.88. The molecule has 0 saturated carbocycles. The molecule has 2 amide bonds. The predicted molar refractivity (Wildman–Crippen MR) is 100 cm³/mol. The van der Waals surface area contributed by atoms with Crippen LogP contribution in [0.3, 0.4) is 0 Å². The summed E-state index contributed by atoms with van der Waals surface area (Å²) in [4.78, 5) is 29.9. The number of hydrogen-bond acceptors (Lipinski definition) is 4. The third kappa shape index (κ3) is 6.14. The first kappa shape index (κ1) is 21.5. The topological polar surface area (TPSA) is 75.4 Å². The van der Waals surface area contributed by atoms with E-state index in [1.807, 2.05) is 20.8 Å². The Labute approximate surface area is 162 Å². The van der Waals surface area contributed by atoms with Gasteiger partial charge in [0.05, 0.1) is 18.3 Å². The van der Waals surface area contributed by atoms with Gasteiger partial charge in [0.1, 0.15) is 11.6 Å². The molecular weight excluding hydrogens is 368 g/mol. The van der Waals surface area contributed by atoms with E-state index in [0.717, 1.165) is 12.1 Å². The summed E-state index contributed by atoms with van der Waals surface area (Å²) in [6.45, 7) is 7.77. The van der Waals surface area contributed by atoms with Crippen molar-refractivity contribution in [2.45, 2.75) is 46.1 Å². The van der Waals surface area contributed by atoms with Crippen LogP contribution in [0, 0.1) is 11.6 Å². The number of hydrogen-bond donors (Lipinski definition) is 1. The maximum absolute atomic E-state index is 13.8. The Bertz CT molecular complexity index is 843. The third-order valence-electron chi connectivity index (χ3n) is 3.89. The Balaban J connectivity index is 1.95. The van der Waals surface area contributed by atoms with Crippen molar-refractivity contribution in [3.63, 3.8) is 0 Å². The molecule has 8 heteroatoms. The molecule has 1 N–H and O–H groups in total. The first-order valence-corrected chi connectivity index (χ1v) is 9.08. The largest absolute Gasteiger partial charge is 0.441 e. The van der Waals surface area contributed by atoms with E-state index in [9.17, 15) is 18.4 Å². The minimum atomic E-state index is -0.749. The van der Waals surface area contributed by atoms with Crippen molar-refractivity contribution in [3.8, 4) is 11.3 Å². The number of carbonyl (C=O) groups is 2. The standard InChI is InChI=1S/C20H25F2N3O3/c1-5-25(12-17(26)24-20(2,3)4)19(27)9-8-18-23-11-16(28-18)14-7-6-13(21)10-15(14)22/h6-7,10-11H,5,8-9,12H2,1-4H3,(H,24,26). The summed E-state index contributed by atoms with van der Waals surface area (Å²) < 4.78 is 32.3. The molecule has 0 spiro atoms. The zero-order valence-electron chi connectivity index (χ0n) is 16.5. The highest BCUT2D eigenvalue weighted by atomic mass is 19.1. The molecule has 0 bridgehead atoms. The number of benzene rings is 1. The van der Waals surface area contributed by atoms with Crippen molar-refractivity contribution in [3.05, 3.63) is 41.9 Å². The van der Waals surface area contributed by atoms with E-state index in [1.165, 1.54) is 17.2 Å². The Hall–Kier alpha value is -2.77. The number of rotatable bonds is 7. The van der Waals surface area contributed by atoms with E-state index in [-0.39, 0.29) is 54.0 Å². The molecular formula is C20H25F2N3O3. The third-order valence-corrected chi connectivity index (χ3v) is 3.89. The van der Waals surface area contributed by atoms with E-state index in [2.05, 4.69) is 10.3 Å². The number of likely N-dealkylation sites (N-methyl/N-ethyl adjacent to an activating group) is 1. The fourth-order valence-electron chi connectivity index (χ4n) is 2.62. The van der Waals surface area contributed by atoms with Gasteiger partial charge in [-0.25, -0.2) is 13.8 Å². The van der Waals surface area contributed by atoms with Crippen molar-refractivity contribution in [1.82, 2.24) is 15.2 Å². The predicted octanol–water partition coefficient (Wildman–Crippen LogP) is 3.32. The molecule has 152 valence electrons. The Morgan fingerprint density at radius 3 is 2.57 bits per heavy atom. The second kappa shape index (κ2) is 8.95. The summed E-state index contributed by atoms with van der Waals surface area (Å²) in [5.41, 5.74) is -0.274. The first-order chi connectivity index (χ1) is 13.1. The van der Waals surface area contributed by atoms with Crippen LogP contribution in [-0.4, -0.2) is 40.3 Å². The van der Waals surface area contributed by atoms with Gasteiger partial charge in [-0.3, -0.25) is 9.59 Å². The van der Waals surface area contributed by atoms with Crippen LogP contribution in [0.2, 0.25) is 0 Å². The summed E-state index contributed by atoms with van der Waals surface area (Å²) >= 11 is 0. The highest BCUT2D eigenvalue weighted by Gasteiger charge is 2.20. The maximum Gasteiger partial charge on any atom is 0.240 e. The lowest BCUT2D eigenvalue weighted by Gasteiger charge is -2.25. The molecule has 2 rings (SSSR count). The Morgan fingerprint density at radius 2 is 1.96 bits per heavy atom. The fraction of sp³-hybridized carbons (Fsp3) is 0.450. The molecule has 0 fully saturated rings. The minimum absolute atomic E-state index is 0.0236. The van der Waals surface area contributed by atoms with Crippen LogP contribution >= 0.6 is 0 Å². The number of amides is 2. The summed E-state index contributed by atoms with van der Waals surface area (Å²) in [5.74, 6) is -1.44. The number of oxazole rings is 1. The van der Waals surface area contributed by atoms with Crippen LogP contribution in [0.5, 0.6) is 0 Å². The van der Waals surface area contributed by atoms with Gasteiger partial charge in [0.2, 0.25) is 11.8 Å². The molecule has 0 aliphatic heterocycles. The van der Waals surface area contributed by atoms with Gasteiger partial charge in [-0.15, -0.1) is 0 Å². The lowest BCUT2D eigenvalue weighted by Crippen LogP contribution is -2.47. The van der Waals surface area contributed by atoms with Gasteiger partial charge in [0, 0.05) is 31.0 Å². The quantitative estimate of drug-likeness (QED) is 0.783. The minimum Gasteiger partial charge on any atom is -0.441 e. The van der Waals surface area contributed by atoms with Gasteiger partial charge >= 0.3 is 0 Å². The van der Waals surface area contributed by atoms with Crippen molar-refractivity contribution < 1.29 is 22.8 Å².